The van der Waals surface area contributed by atoms with E-state index in [1.165, 1.54) is 16.5 Å². The van der Waals surface area contributed by atoms with Crippen molar-refractivity contribution in [2.45, 2.75) is 47.0 Å². The van der Waals surface area contributed by atoms with Gasteiger partial charge in [-0.25, -0.2) is 4.98 Å². The molecule has 4 nitrogen and oxygen atoms in total. The molecule has 0 amide bonds. The smallest absolute Gasteiger partial charge is 0.129 e. The van der Waals surface area contributed by atoms with E-state index in [0.29, 0.717) is 0 Å². The number of aromatic nitrogens is 1. The molecule has 0 bridgehead atoms. The number of nitrogens with zero attached hydrogens (tertiary/aromatic N) is 4. The molecular weight excluding hydrogens is 388 g/mol. The second-order valence-electron chi connectivity index (χ2n) is 8.42. The summed E-state index contributed by atoms with van der Waals surface area (Å²) in [6.07, 6.45) is 3.08. The van der Waals surface area contributed by atoms with Gasteiger partial charge in [-0.15, -0.1) is 0 Å². The first kappa shape index (κ1) is 23.1. The lowest BCUT2D eigenvalue weighted by atomic mass is 10.0. The summed E-state index contributed by atoms with van der Waals surface area (Å²) in [4.78, 5) is 13.5. The van der Waals surface area contributed by atoms with Crippen LogP contribution in [0.1, 0.15) is 44.7 Å². The number of pyridine rings is 1. The van der Waals surface area contributed by atoms with Gasteiger partial charge in [-0.1, -0.05) is 39.1 Å². The van der Waals surface area contributed by atoms with Crippen molar-refractivity contribution in [3.8, 4) is 0 Å². The molecule has 1 saturated heterocycles. The lowest BCUT2D eigenvalue weighted by molar-refractivity contribution is 0.270. The molecule has 164 valence electrons. The Morgan fingerprint density at radius 2 is 1.80 bits per heavy atom. The van der Waals surface area contributed by atoms with Crippen LogP contribution in [0, 0.1) is 6.92 Å². The SMILES string of the molecule is CCN(CC)CCCC(=S)Cc1ccc2nc(N3CCN(CC)CC3)cc(C)c2c1. The molecule has 1 aliphatic heterocycles. The summed E-state index contributed by atoms with van der Waals surface area (Å²) in [6, 6.07) is 8.95. The van der Waals surface area contributed by atoms with Gasteiger partial charge >= 0.3 is 0 Å². The van der Waals surface area contributed by atoms with E-state index >= 15 is 0 Å². The Hall–Kier alpha value is -1.56. The highest BCUT2D eigenvalue weighted by atomic mass is 32.1. The number of likely N-dealkylation sites (N-methyl/N-ethyl adjacent to an activating group) is 1. The van der Waals surface area contributed by atoms with E-state index < -0.39 is 0 Å². The van der Waals surface area contributed by atoms with Crippen LogP contribution in [0.3, 0.4) is 0 Å². The summed E-state index contributed by atoms with van der Waals surface area (Å²) in [5.74, 6) is 1.12. The molecule has 0 saturated carbocycles. The molecular formula is C25H38N4S. The van der Waals surface area contributed by atoms with Crippen molar-refractivity contribution in [2.24, 2.45) is 0 Å². The Labute approximate surface area is 188 Å². The normalized spacial score (nSPS) is 15.3. The lowest BCUT2D eigenvalue weighted by Gasteiger charge is -2.35. The maximum Gasteiger partial charge on any atom is 0.129 e. The monoisotopic (exact) mass is 426 g/mol. The van der Waals surface area contributed by atoms with Gasteiger partial charge in [0.25, 0.3) is 0 Å². The molecule has 0 spiro atoms. The first-order valence-electron chi connectivity index (χ1n) is 11.7. The van der Waals surface area contributed by atoms with Gasteiger partial charge < -0.3 is 14.7 Å². The van der Waals surface area contributed by atoms with Gasteiger partial charge in [0, 0.05) is 38.0 Å². The summed E-state index contributed by atoms with van der Waals surface area (Å²) in [7, 11) is 0. The number of aryl methyl sites for hydroxylation is 1. The Balaban J connectivity index is 1.63. The summed E-state index contributed by atoms with van der Waals surface area (Å²) in [5, 5.41) is 1.26. The van der Waals surface area contributed by atoms with Crippen LogP contribution in [0.4, 0.5) is 5.82 Å². The van der Waals surface area contributed by atoms with Crippen molar-refractivity contribution < 1.29 is 0 Å². The molecule has 5 heteroatoms. The van der Waals surface area contributed by atoms with Gasteiger partial charge in [0.05, 0.1) is 5.52 Å². The zero-order chi connectivity index (χ0) is 21.5. The number of benzene rings is 1. The molecule has 2 heterocycles. The average Bonchev–Trinajstić information content (AvgIpc) is 2.77. The minimum absolute atomic E-state index is 0.893. The predicted octanol–water partition coefficient (Wildman–Crippen LogP) is 4.72. The molecule has 0 unspecified atom stereocenters. The molecule has 0 N–H and O–H groups in total. The number of fused-ring (bicyclic) bond motifs is 1. The van der Waals surface area contributed by atoms with Crippen LogP contribution in [0.15, 0.2) is 24.3 Å². The fourth-order valence-electron chi connectivity index (χ4n) is 4.34. The van der Waals surface area contributed by atoms with Crippen LogP contribution >= 0.6 is 12.2 Å². The second-order valence-corrected chi connectivity index (χ2v) is 8.99. The molecule has 1 aliphatic rings. The number of rotatable bonds is 10. The molecule has 0 aliphatic carbocycles. The minimum atomic E-state index is 0.893. The van der Waals surface area contributed by atoms with Gasteiger partial charge in [0.1, 0.15) is 5.82 Å². The molecule has 3 rings (SSSR count). The first-order chi connectivity index (χ1) is 14.5. The summed E-state index contributed by atoms with van der Waals surface area (Å²) in [5.41, 5.74) is 3.71. The molecule has 30 heavy (non-hydrogen) atoms. The van der Waals surface area contributed by atoms with Crippen molar-refractivity contribution in [3.05, 3.63) is 35.4 Å². The van der Waals surface area contributed by atoms with Crippen molar-refractivity contribution >= 4 is 33.8 Å². The first-order valence-corrected chi connectivity index (χ1v) is 12.1. The van der Waals surface area contributed by atoms with Crippen molar-refractivity contribution in [1.29, 1.82) is 0 Å². The van der Waals surface area contributed by atoms with E-state index in [4.69, 9.17) is 17.2 Å². The third-order valence-corrected chi connectivity index (χ3v) is 6.78. The third-order valence-electron chi connectivity index (χ3n) is 6.44. The predicted molar refractivity (Wildman–Crippen MR) is 134 cm³/mol. The van der Waals surface area contributed by atoms with Crippen molar-refractivity contribution in [2.75, 3.05) is 57.3 Å². The second kappa shape index (κ2) is 11.2. The van der Waals surface area contributed by atoms with E-state index in [0.717, 1.165) is 87.8 Å². The highest BCUT2D eigenvalue weighted by Crippen LogP contribution is 2.25. The molecule has 1 aromatic carbocycles. The van der Waals surface area contributed by atoms with Crippen LogP contribution in [-0.2, 0) is 6.42 Å². The van der Waals surface area contributed by atoms with Crippen LogP contribution in [0.25, 0.3) is 10.9 Å². The van der Waals surface area contributed by atoms with Crippen LogP contribution in [0.2, 0.25) is 0 Å². The standard InChI is InChI=1S/C25H38N4S/c1-5-27(6-2)12-8-9-22(30)18-21-10-11-24-23(19-21)20(4)17-25(26-24)29-15-13-28(7-3)14-16-29/h10-11,17,19H,5-9,12-16,18H2,1-4H3. The van der Waals surface area contributed by atoms with Crippen LogP contribution in [0.5, 0.6) is 0 Å². The Kier molecular flexibility index (Phi) is 8.61. The summed E-state index contributed by atoms with van der Waals surface area (Å²) < 4.78 is 0. The fourth-order valence-corrected chi connectivity index (χ4v) is 4.66. The van der Waals surface area contributed by atoms with Gasteiger partial charge in [0.15, 0.2) is 0 Å². The van der Waals surface area contributed by atoms with E-state index in [2.05, 4.69) is 66.7 Å². The molecule has 1 fully saturated rings. The van der Waals surface area contributed by atoms with Crippen LogP contribution < -0.4 is 4.90 Å². The minimum Gasteiger partial charge on any atom is -0.354 e. The number of hydrogen-bond donors (Lipinski definition) is 0. The number of anilines is 1. The summed E-state index contributed by atoms with van der Waals surface area (Å²) >= 11 is 5.70. The van der Waals surface area contributed by atoms with Crippen LogP contribution in [-0.4, -0.2) is 72.0 Å². The topological polar surface area (TPSA) is 22.6 Å². The third kappa shape index (κ3) is 5.99. The molecule has 2 aromatic rings. The van der Waals surface area contributed by atoms with Crippen molar-refractivity contribution in [3.63, 3.8) is 0 Å². The molecule has 0 radical (unpaired) electrons. The zero-order valence-electron chi connectivity index (χ0n) is 19.3. The average molecular weight is 427 g/mol. The van der Waals surface area contributed by atoms with Gasteiger partial charge in [0.2, 0.25) is 0 Å². The highest BCUT2D eigenvalue weighted by Gasteiger charge is 2.17. The Bertz CT molecular complexity index is 838. The quantitative estimate of drug-likeness (QED) is 0.512. The number of thiocarbonyl (C=S) groups is 1. The Morgan fingerprint density at radius 1 is 1.07 bits per heavy atom. The summed E-state index contributed by atoms with van der Waals surface area (Å²) in [6.45, 7) is 17.8. The largest absolute Gasteiger partial charge is 0.354 e. The van der Waals surface area contributed by atoms with Gasteiger partial charge in [-0.05, 0) is 80.1 Å². The molecule has 0 atom stereocenters. The fraction of sp³-hybridized carbons (Fsp3) is 0.600. The van der Waals surface area contributed by atoms with E-state index in [-0.39, 0.29) is 0 Å². The maximum absolute atomic E-state index is 5.70. The van der Waals surface area contributed by atoms with Gasteiger partial charge in [-0.2, -0.15) is 0 Å². The van der Waals surface area contributed by atoms with E-state index in [9.17, 15) is 0 Å². The number of piperazine rings is 1. The Morgan fingerprint density at radius 3 is 2.47 bits per heavy atom. The zero-order valence-corrected chi connectivity index (χ0v) is 20.1. The molecule has 1 aromatic heterocycles. The maximum atomic E-state index is 5.70. The van der Waals surface area contributed by atoms with Crippen molar-refractivity contribution in [1.82, 2.24) is 14.8 Å². The van der Waals surface area contributed by atoms with E-state index in [1.807, 2.05) is 0 Å². The van der Waals surface area contributed by atoms with Gasteiger partial charge in [-0.3, -0.25) is 0 Å². The highest BCUT2D eigenvalue weighted by molar-refractivity contribution is 7.80. The lowest BCUT2D eigenvalue weighted by Crippen LogP contribution is -2.46. The number of hydrogen-bond acceptors (Lipinski definition) is 5. The van der Waals surface area contributed by atoms with E-state index in [1.54, 1.807) is 0 Å².